The Morgan fingerprint density at radius 1 is 1.52 bits per heavy atom. The molecule has 0 amide bonds. The van der Waals surface area contributed by atoms with Gasteiger partial charge >= 0.3 is 5.97 Å². The minimum Gasteiger partial charge on any atom is -0.493 e. The van der Waals surface area contributed by atoms with Crippen molar-refractivity contribution in [1.82, 2.24) is 0 Å². The number of azide groups is 1. The summed E-state index contributed by atoms with van der Waals surface area (Å²) in [5.41, 5.74) is 8.41. The molecule has 1 N–H and O–H groups in total. The molecule has 1 unspecified atom stereocenters. The van der Waals surface area contributed by atoms with E-state index in [4.69, 9.17) is 20.1 Å². The predicted octanol–water partition coefficient (Wildman–Crippen LogP) is 3.22. The smallest absolute Gasteiger partial charge is 0.303 e. The summed E-state index contributed by atoms with van der Waals surface area (Å²) in [7, 11) is 1.37. The van der Waals surface area contributed by atoms with Crippen LogP contribution in [0, 0.1) is 10.1 Å². The summed E-state index contributed by atoms with van der Waals surface area (Å²) in [6, 6.07) is 1.80. The second-order valence-corrected chi connectivity index (χ2v) is 4.55. The maximum atomic E-state index is 11.2. The molecule has 23 heavy (non-hydrogen) atoms. The van der Waals surface area contributed by atoms with Gasteiger partial charge in [-0.1, -0.05) is 12.0 Å². The van der Waals surface area contributed by atoms with Gasteiger partial charge in [0.2, 0.25) is 0 Å². The maximum absolute atomic E-state index is 11.2. The van der Waals surface area contributed by atoms with Crippen molar-refractivity contribution < 1.29 is 24.3 Å². The number of carbonyl (C=O) groups is 1. The third-order valence-corrected chi connectivity index (χ3v) is 2.98. The minimum atomic E-state index is -0.954. The zero-order valence-corrected chi connectivity index (χ0v) is 12.6. The van der Waals surface area contributed by atoms with Gasteiger partial charge in [0.1, 0.15) is 0 Å². The van der Waals surface area contributed by atoms with E-state index in [2.05, 4.69) is 10.0 Å². The molecule has 0 bridgehead atoms. The van der Waals surface area contributed by atoms with Crippen molar-refractivity contribution >= 4 is 11.7 Å². The fourth-order valence-electron chi connectivity index (χ4n) is 1.88. The number of carboxylic acids is 1. The molecule has 0 saturated carbocycles. The van der Waals surface area contributed by atoms with Crippen molar-refractivity contribution in [1.29, 1.82) is 0 Å². The average Bonchev–Trinajstić information content (AvgIpc) is 2.50. The lowest BCUT2D eigenvalue weighted by Crippen LogP contribution is -2.05. The molecule has 0 aliphatic rings. The van der Waals surface area contributed by atoms with Gasteiger partial charge in [-0.3, -0.25) is 14.9 Å². The summed E-state index contributed by atoms with van der Waals surface area (Å²) in [6.07, 6.45) is 0.180. The quantitative estimate of drug-likeness (QED) is 0.184. The first-order valence-corrected chi connectivity index (χ1v) is 6.65. The topological polar surface area (TPSA) is 148 Å². The Morgan fingerprint density at radius 3 is 2.74 bits per heavy atom. The molecule has 1 aromatic rings. The van der Waals surface area contributed by atoms with Gasteiger partial charge < -0.3 is 14.6 Å². The van der Waals surface area contributed by atoms with Gasteiger partial charge in [-0.15, -0.1) is 0 Å². The molecule has 1 rings (SSSR count). The summed E-state index contributed by atoms with van der Waals surface area (Å²) in [5.74, 6) is -0.590. The van der Waals surface area contributed by atoms with E-state index < -0.39 is 16.9 Å². The van der Waals surface area contributed by atoms with E-state index in [9.17, 15) is 14.9 Å². The van der Waals surface area contributed by atoms with Crippen molar-refractivity contribution in [2.24, 2.45) is 5.11 Å². The number of nitro benzene ring substituents is 1. The van der Waals surface area contributed by atoms with E-state index in [0.29, 0.717) is 0 Å². The second-order valence-electron chi connectivity index (χ2n) is 4.55. The molecule has 1 atom stereocenters. The number of benzene rings is 1. The normalized spacial score (nSPS) is 11.2. The molecule has 0 aromatic heterocycles. The van der Waals surface area contributed by atoms with Crippen molar-refractivity contribution in [3.8, 4) is 11.5 Å². The van der Waals surface area contributed by atoms with Crippen molar-refractivity contribution in [3.05, 3.63) is 38.3 Å². The second kappa shape index (κ2) is 8.44. The van der Waals surface area contributed by atoms with Crippen molar-refractivity contribution in [2.45, 2.75) is 25.8 Å². The lowest BCUT2D eigenvalue weighted by molar-refractivity contribution is -0.385. The van der Waals surface area contributed by atoms with Gasteiger partial charge in [-0.05, 0) is 18.0 Å². The third kappa shape index (κ3) is 5.04. The van der Waals surface area contributed by atoms with Crippen molar-refractivity contribution in [2.75, 3.05) is 13.7 Å². The SMILES string of the molecule is COc1cc(C(C)N=[N+]=[N-])c([N+](=O)[O-])cc1OCCCC(=O)O. The molecule has 0 aliphatic heterocycles. The molecule has 1 aromatic carbocycles. The molecule has 0 spiro atoms. The molecule has 10 nitrogen and oxygen atoms in total. The Balaban J connectivity index is 3.11. The molecular formula is C13H16N4O6. The lowest BCUT2D eigenvalue weighted by Gasteiger charge is -2.14. The van der Waals surface area contributed by atoms with Gasteiger partial charge in [0.15, 0.2) is 11.5 Å². The van der Waals surface area contributed by atoms with Crippen LogP contribution in [0.3, 0.4) is 0 Å². The Hall–Kier alpha value is -3.00. The van der Waals surface area contributed by atoms with Gasteiger partial charge in [0.25, 0.3) is 5.69 Å². The molecule has 0 radical (unpaired) electrons. The molecular weight excluding hydrogens is 308 g/mol. The number of aliphatic carboxylic acids is 1. The summed E-state index contributed by atoms with van der Waals surface area (Å²) < 4.78 is 10.5. The Kier molecular flexibility index (Phi) is 6.63. The van der Waals surface area contributed by atoms with Gasteiger partial charge in [-0.25, -0.2) is 0 Å². The monoisotopic (exact) mass is 324 g/mol. The van der Waals surface area contributed by atoms with Crippen LogP contribution in [0.1, 0.15) is 31.4 Å². The summed E-state index contributed by atoms with van der Waals surface area (Å²) >= 11 is 0. The van der Waals surface area contributed by atoms with E-state index in [1.54, 1.807) is 0 Å². The first-order chi connectivity index (χ1) is 10.9. The van der Waals surface area contributed by atoms with Crippen LogP contribution >= 0.6 is 0 Å². The zero-order valence-electron chi connectivity index (χ0n) is 12.6. The van der Waals surface area contributed by atoms with Crippen LogP contribution in [0.5, 0.6) is 11.5 Å². The van der Waals surface area contributed by atoms with E-state index in [-0.39, 0.29) is 42.2 Å². The van der Waals surface area contributed by atoms with Crippen LogP contribution in [0.25, 0.3) is 10.4 Å². The number of nitrogens with zero attached hydrogens (tertiary/aromatic N) is 4. The minimum absolute atomic E-state index is 0.0730. The zero-order chi connectivity index (χ0) is 17.4. The molecule has 124 valence electrons. The summed E-state index contributed by atoms with van der Waals surface area (Å²) in [5, 5.41) is 23.2. The molecule has 0 heterocycles. The van der Waals surface area contributed by atoms with Crippen LogP contribution in [-0.4, -0.2) is 29.7 Å². The maximum Gasteiger partial charge on any atom is 0.303 e. The Bertz CT molecular complexity index is 642. The van der Waals surface area contributed by atoms with Crippen LogP contribution in [0.4, 0.5) is 5.69 Å². The number of hydrogen-bond acceptors (Lipinski definition) is 6. The average molecular weight is 324 g/mol. The third-order valence-electron chi connectivity index (χ3n) is 2.98. The largest absolute Gasteiger partial charge is 0.493 e. The number of ether oxygens (including phenoxy) is 2. The van der Waals surface area contributed by atoms with Crippen LogP contribution < -0.4 is 9.47 Å². The predicted molar refractivity (Wildman–Crippen MR) is 79.6 cm³/mol. The highest BCUT2D eigenvalue weighted by Gasteiger charge is 2.23. The standard InChI is InChI=1S/C13H16N4O6/c1-8(15-16-14)9-6-11(22-2)12(7-10(9)17(20)21)23-5-3-4-13(18)19/h6-8H,3-5H2,1-2H3,(H,18,19). The highest BCUT2D eigenvalue weighted by molar-refractivity contribution is 5.66. The van der Waals surface area contributed by atoms with Gasteiger partial charge in [0.05, 0.1) is 30.7 Å². The fourth-order valence-corrected chi connectivity index (χ4v) is 1.88. The van der Waals surface area contributed by atoms with Crippen LogP contribution in [-0.2, 0) is 4.79 Å². The Labute approximate surface area is 131 Å². The highest BCUT2D eigenvalue weighted by Crippen LogP contribution is 2.38. The van der Waals surface area contributed by atoms with E-state index >= 15 is 0 Å². The van der Waals surface area contributed by atoms with Crippen molar-refractivity contribution in [3.63, 3.8) is 0 Å². The lowest BCUT2D eigenvalue weighted by atomic mass is 10.1. The van der Waals surface area contributed by atoms with E-state index in [1.165, 1.54) is 26.2 Å². The first-order valence-electron chi connectivity index (χ1n) is 6.65. The van der Waals surface area contributed by atoms with E-state index in [0.717, 1.165) is 0 Å². The fraction of sp³-hybridized carbons (Fsp3) is 0.462. The number of carboxylic acid groups (broad SMARTS) is 1. The molecule has 0 fully saturated rings. The highest BCUT2D eigenvalue weighted by atomic mass is 16.6. The number of hydrogen-bond donors (Lipinski definition) is 1. The van der Waals surface area contributed by atoms with Gasteiger partial charge in [0, 0.05) is 16.9 Å². The molecule has 0 aliphatic carbocycles. The molecule has 0 saturated heterocycles. The van der Waals surface area contributed by atoms with Gasteiger partial charge in [-0.2, -0.15) is 0 Å². The first kappa shape index (κ1) is 18.1. The number of nitro groups is 1. The number of methoxy groups -OCH3 is 1. The van der Waals surface area contributed by atoms with E-state index in [1.807, 2.05) is 0 Å². The van der Waals surface area contributed by atoms with Crippen LogP contribution in [0.2, 0.25) is 0 Å². The Morgan fingerprint density at radius 2 is 2.22 bits per heavy atom. The molecule has 10 heteroatoms. The summed E-state index contributed by atoms with van der Waals surface area (Å²) in [4.78, 5) is 23.7. The van der Waals surface area contributed by atoms with Crippen LogP contribution in [0.15, 0.2) is 17.2 Å². The summed E-state index contributed by atoms with van der Waals surface area (Å²) in [6.45, 7) is 1.60. The number of rotatable bonds is 9.